The van der Waals surface area contributed by atoms with Crippen LogP contribution in [0.25, 0.3) is 0 Å². The third-order valence-corrected chi connectivity index (χ3v) is 5.15. The summed E-state index contributed by atoms with van der Waals surface area (Å²) < 4.78 is 0. The smallest absolute Gasteiger partial charge is 0.0453 e. The van der Waals surface area contributed by atoms with Gasteiger partial charge in [0.2, 0.25) is 0 Å². The summed E-state index contributed by atoms with van der Waals surface area (Å²) in [5.74, 6) is 0.877. The number of rotatable bonds is 6. The maximum Gasteiger partial charge on any atom is 0.0453 e. The summed E-state index contributed by atoms with van der Waals surface area (Å²) in [7, 11) is 0. The van der Waals surface area contributed by atoms with Crippen LogP contribution in [0.5, 0.6) is 0 Å². The maximum absolute atomic E-state index is 6.33. The first-order valence-corrected chi connectivity index (χ1v) is 9.12. The van der Waals surface area contributed by atoms with Crippen molar-refractivity contribution in [2.45, 2.75) is 64.3 Å². The summed E-state index contributed by atoms with van der Waals surface area (Å²) in [5.41, 5.74) is 1.21. The predicted molar refractivity (Wildman–Crippen MR) is 93.4 cm³/mol. The first-order chi connectivity index (χ1) is 10.2. The van der Waals surface area contributed by atoms with Crippen LogP contribution in [0.15, 0.2) is 18.2 Å². The highest BCUT2D eigenvalue weighted by Crippen LogP contribution is 2.28. The molecule has 1 aromatic carbocycles. The molecular formula is C18H27Cl2N. The lowest BCUT2D eigenvalue weighted by atomic mass is 9.90. The van der Waals surface area contributed by atoms with Crippen molar-refractivity contribution in [1.82, 2.24) is 5.32 Å². The van der Waals surface area contributed by atoms with Crippen LogP contribution in [0, 0.1) is 5.92 Å². The van der Waals surface area contributed by atoms with E-state index >= 15 is 0 Å². The van der Waals surface area contributed by atoms with Gasteiger partial charge in [-0.2, -0.15) is 0 Å². The fourth-order valence-electron chi connectivity index (χ4n) is 3.48. The van der Waals surface area contributed by atoms with Crippen molar-refractivity contribution in [2.24, 2.45) is 5.92 Å². The van der Waals surface area contributed by atoms with Crippen molar-refractivity contribution in [2.75, 3.05) is 6.54 Å². The molecule has 0 saturated heterocycles. The molecule has 0 bridgehead atoms. The summed E-state index contributed by atoms with van der Waals surface area (Å²) >= 11 is 12.3. The highest BCUT2D eigenvalue weighted by Gasteiger charge is 2.18. The van der Waals surface area contributed by atoms with Crippen LogP contribution in [-0.4, -0.2) is 12.6 Å². The van der Waals surface area contributed by atoms with E-state index in [1.807, 2.05) is 12.1 Å². The van der Waals surface area contributed by atoms with Gasteiger partial charge in [-0.05, 0) is 43.0 Å². The van der Waals surface area contributed by atoms with Crippen LogP contribution < -0.4 is 5.32 Å². The average molecular weight is 328 g/mol. The van der Waals surface area contributed by atoms with Crippen molar-refractivity contribution in [3.8, 4) is 0 Å². The lowest BCUT2D eigenvalue weighted by Crippen LogP contribution is -2.33. The van der Waals surface area contributed by atoms with Crippen molar-refractivity contribution in [1.29, 1.82) is 0 Å². The Hall–Kier alpha value is -0.240. The normalized spacial score (nSPS) is 18.4. The van der Waals surface area contributed by atoms with E-state index in [0.717, 1.165) is 23.9 Å². The zero-order valence-electron chi connectivity index (χ0n) is 13.0. The van der Waals surface area contributed by atoms with Crippen molar-refractivity contribution in [3.63, 3.8) is 0 Å². The van der Waals surface area contributed by atoms with Crippen LogP contribution in [0.1, 0.15) is 57.4 Å². The lowest BCUT2D eigenvalue weighted by Gasteiger charge is -2.24. The molecule has 1 aliphatic carbocycles. The Morgan fingerprint density at radius 3 is 2.48 bits per heavy atom. The first-order valence-electron chi connectivity index (χ1n) is 8.36. The molecule has 1 N–H and O–H groups in total. The van der Waals surface area contributed by atoms with Gasteiger partial charge in [-0.25, -0.2) is 0 Å². The van der Waals surface area contributed by atoms with Gasteiger partial charge in [0, 0.05) is 16.1 Å². The number of halogens is 2. The quantitative estimate of drug-likeness (QED) is 0.644. The van der Waals surface area contributed by atoms with Crippen molar-refractivity contribution >= 4 is 23.2 Å². The number of benzene rings is 1. The first kappa shape index (κ1) is 17.1. The van der Waals surface area contributed by atoms with E-state index in [-0.39, 0.29) is 0 Å². The summed E-state index contributed by atoms with van der Waals surface area (Å²) in [5, 5.41) is 5.16. The Labute approximate surface area is 139 Å². The van der Waals surface area contributed by atoms with Crippen LogP contribution in [0.3, 0.4) is 0 Å². The van der Waals surface area contributed by atoms with E-state index in [1.165, 1.54) is 50.5 Å². The molecule has 0 spiro atoms. The largest absolute Gasteiger partial charge is 0.314 e. The second-order valence-corrected chi connectivity index (χ2v) is 7.13. The lowest BCUT2D eigenvalue weighted by molar-refractivity contribution is 0.353. The molecule has 1 aromatic rings. The van der Waals surface area contributed by atoms with E-state index in [1.54, 1.807) is 0 Å². The van der Waals surface area contributed by atoms with Gasteiger partial charge in [0.05, 0.1) is 0 Å². The second-order valence-electron chi connectivity index (χ2n) is 6.29. The van der Waals surface area contributed by atoms with Gasteiger partial charge < -0.3 is 5.32 Å². The molecule has 3 heteroatoms. The standard InChI is InChI=1S/C18H27Cl2N/c1-2-21-17(11-14-7-5-3-4-6-8-14)12-15-9-10-16(19)13-18(15)20/h9-10,13-14,17,21H,2-8,11-12H2,1H3. The topological polar surface area (TPSA) is 12.0 Å². The van der Waals surface area contributed by atoms with Gasteiger partial charge in [-0.3, -0.25) is 0 Å². The Balaban J connectivity index is 1.97. The highest BCUT2D eigenvalue weighted by atomic mass is 35.5. The molecule has 21 heavy (non-hydrogen) atoms. The van der Waals surface area contributed by atoms with Crippen LogP contribution >= 0.6 is 23.2 Å². The van der Waals surface area contributed by atoms with Gasteiger partial charge in [-0.15, -0.1) is 0 Å². The third kappa shape index (κ3) is 5.81. The molecule has 0 amide bonds. The SMILES string of the molecule is CCNC(Cc1ccc(Cl)cc1Cl)CC1CCCCCC1. The summed E-state index contributed by atoms with van der Waals surface area (Å²) in [4.78, 5) is 0. The Bertz CT molecular complexity index is 425. The second kappa shape index (κ2) is 9.02. The number of hydrogen-bond donors (Lipinski definition) is 1. The fourth-order valence-corrected chi connectivity index (χ4v) is 3.97. The molecule has 2 rings (SSSR count). The van der Waals surface area contributed by atoms with E-state index in [2.05, 4.69) is 18.3 Å². The minimum Gasteiger partial charge on any atom is -0.314 e. The predicted octanol–water partition coefficient (Wildman–Crippen LogP) is 5.87. The zero-order chi connectivity index (χ0) is 15.1. The Morgan fingerprint density at radius 1 is 1.14 bits per heavy atom. The monoisotopic (exact) mass is 327 g/mol. The van der Waals surface area contributed by atoms with Crippen LogP contribution in [0.2, 0.25) is 10.0 Å². The van der Waals surface area contributed by atoms with Gasteiger partial charge in [0.15, 0.2) is 0 Å². The number of likely N-dealkylation sites (N-methyl/N-ethyl adjacent to an activating group) is 1. The van der Waals surface area contributed by atoms with Gasteiger partial charge >= 0.3 is 0 Å². The van der Waals surface area contributed by atoms with E-state index in [4.69, 9.17) is 23.2 Å². The Kier molecular flexibility index (Phi) is 7.36. The maximum atomic E-state index is 6.33. The van der Waals surface area contributed by atoms with Gasteiger partial charge in [0.25, 0.3) is 0 Å². The molecule has 1 aliphatic rings. The van der Waals surface area contributed by atoms with E-state index in [9.17, 15) is 0 Å². The molecular weight excluding hydrogens is 301 g/mol. The van der Waals surface area contributed by atoms with Crippen LogP contribution in [0.4, 0.5) is 0 Å². The van der Waals surface area contributed by atoms with Gasteiger partial charge in [-0.1, -0.05) is 74.7 Å². The summed E-state index contributed by atoms with van der Waals surface area (Å²) in [6, 6.07) is 6.39. The fraction of sp³-hybridized carbons (Fsp3) is 0.667. The molecule has 118 valence electrons. The molecule has 0 aromatic heterocycles. The number of hydrogen-bond acceptors (Lipinski definition) is 1. The molecule has 0 radical (unpaired) electrons. The summed E-state index contributed by atoms with van der Waals surface area (Å²) in [6.45, 7) is 3.20. The molecule has 1 atom stereocenters. The minimum absolute atomic E-state index is 0.525. The molecule has 1 unspecified atom stereocenters. The molecule has 1 saturated carbocycles. The van der Waals surface area contributed by atoms with Crippen molar-refractivity contribution < 1.29 is 0 Å². The minimum atomic E-state index is 0.525. The molecule has 0 heterocycles. The zero-order valence-corrected chi connectivity index (χ0v) is 14.5. The molecule has 1 nitrogen and oxygen atoms in total. The average Bonchev–Trinajstić information content (AvgIpc) is 2.71. The number of nitrogens with one attached hydrogen (secondary N) is 1. The Morgan fingerprint density at radius 2 is 1.86 bits per heavy atom. The third-order valence-electron chi connectivity index (χ3n) is 4.57. The van der Waals surface area contributed by atoms with E-state index in [0.29, 0.717) is 11.1 Å². The highest BCUT2D eigenvalue weighted by molar-refractivity contribution is 6.35. The summed E-state index contributed by atoms with van der Waals surface area (Å²) in [6.07, 6.45) is 10.7. The molecule has 0 aliphatic heterocycles. The van der Waals surface area contributed by atoms with Crippen molar-refractivity contribution in [3.05, 3.63) is 33.8 Å². The van der Waals surface area contributed by atoms with E-state index < -0.39 is 0 Å². The molecule has 1 fully saturated rings. The van der Waals surface area contributed by atoms with Crippen LogP contribution in [-0.2, 0) is 6.42 Å². The van der Waals surface area contributed by atoms with Gasteiger partial charge in [0.1, 0.15) is 0 Å².